The van der Waals surface area contributed by atoms with Crippen LogP contribution in [0.2, 0.25) is 0 Å². The third kappa shape index (κ3) is 3.41. The minimum Gasteiger partial charge on any atom is -0.373 e. The van der Waals surface area contributed by atoms with Crippen molar-refractivity contribution < 1.29 is 4.74 Å². The Morgan fingerprint density at radius 3 is 2.85 bits per heavy atom. The SMILES string of the molecule is CCN1CCO[C@@H](CNc2nnc(C)c(C)c2C#N)[C@@H]1c1cncn1C. The molecule has 0 aromatic carbocycles. The summed E-state index contributed by atoms with van der Waals surface area (Å²) in [4.78, 5) is 6.65. The van der Waals surface area contributed by atoms with Gasteiger partial charge in [0.05, 0.1) is 36.5 Å². The van der Waals surface area contributed by atoms with Crippen molar-refractivity contribution in [2.75, 3.05) is 31.6 Å². The molecule has 2 aromatic heterocycles. The van der Waals surface area contributed by atoms with E-state index in [1.165, 1.54) is 0 Å². The summed E-state index contributed by atoms with van der Waals surface area (Å²) in [5, 5.41) is 21.1. The van der Waals surface area contributed by atoms with Gasteiger partial charge in [0.15, 0.2) is 5.82 Å². The van der Waals surface area contributed by atoms with E-state index in [0.717, 1.165) is 30.0 Å². The molecule has 1 aliphatic heterocycles. The van der Waals surface area contributed by atoms with E-state index >= 15 is 0 Å². The minimum atomic E-state index is -0.0750. The van der Waals surface area contributed by atoms with E-state index in [9.17, 15) is 5.26 Å². The normalized spacial score (nSPS) is 20.7. The van der Waals surface area contributed by atoms with Gasteiger partial charge >= 0.3 is 0 Å². The predicted octanol–water partition coefficient (Wildman–Crippen LogP) is 1.57. The molecule has 0 bridgehead atoms. The summed E-state index contributed by atoms with van der Waals surface area (Å²) in [6, 6.07) is 2.33. The number of morpholine rings is 1. The first-order chi connectivity index (χ1) is 12.6. The zero-order chi connectivity index (χ0) is 18.7. The molecule has 1 aliphatic rings. The molecule has 0 amide bonds. The first kappa shape index (κ1) is 18.3. The van der Waals surface area contributed by atoms with Gasteiger partial charge in [0.2, 0.25) is 0 Å². The summed E-state index contributed by atoms with van der Waals surface area (Å²) < 4.78 is 8.11. The standard InChI is InChI=1S/C18H25N7O/c1-5-25-6-7-26-16(17(25)15-9-20-11-24(15)4)10-21-18-14(8-19)12(2)13(3)22-23-18/h9,11,16-17H,5-7,10H2,1-4H3,(H,21,23)/t16-,17-/m0/s1. The topological polar surface area (TPSA) is 91.9 Å². The second kappa shape index (κ2) is 7.81. The van der Waals surface area contributed by atoms with Crippen molar-refractivity contribution in [3.8, 4) is 6.07 Å². The Balaban J connectivity index is 1.83. The van der Waals surface area contributed by atoms with Gasteiger partial charge in [-0.15, -0.1) is 5.10 Å². The van der Waals surface area contributed by atoms with E-state index < -0.39 is 0 Å². The second-order valence-electron chi connectivity index (χ2n) is 6.54. The van der Waals surface area contributed by atoms with Crippen molar-refractivity contribution in [1.29, 1.82) is 5.26 Å². The summed E-state index contributed by atoms with van der Waals surface area (Å²) in [5.41, 5.74) is 3.28. The Morgan fingerprint density at radius 1 is 1.38 bits per heavy atom. The van der Waals surface area contributed by atoms with Gasteiger partial charge in [-0.2, -0.15) is 10.4 Å². The van der Waals surface area contributed by atoms with Gasteiger partial charge in [0, 0.05) is 26.3 Å². The van der Waals surface area contributed by atoms with Crippen LogP contribution >= 0.6 is 0 Å². The number of aromatic nitrogens is 4. The Kier molecular flexibility index (Phi) is 5.49. The number of anilines is 1. The summed E-state index contributed by atoms with van der Waals surface area (Å²) >= 11 is 0. The van der Waals surface area contributed by atoms with Crippen LogP contribution in [-0.2, 0) is 11.8 Å². The highest BCUT2D eigenvalue weighted by atomic mass is 16.5. The van der Waals surface area contributed by atoms with Crippen LogP contribution in [0.5, 0.6) is 0 Å². The Hall–Kier alpha value is -2.50. The number of aryl methyl sites for hydroxylation is 2. The molecule has 138 valence electrons. The average molecular weight is 355 g/mol. The maximum atomic E-state index is 9.47. The van der Waals surface area contributed by atoms with Crippen LogP contribution in [0.3, 0.4) is 0 Å². The fourth-order valence-electron chi connectivity index (χ4n) is 3.41. The third-order valence-corrected chi connectivity index (χ3v) is 5.06. The van der Waals surface area contributed by atoms with E-state index in [1.54, 1.807) is 0 Å². The average Bonchev–Trinajstić information content (AvgIpc) is 3.07. The summed E-state index contributed by atoms with van der Waals surface area (Å²) in [7, 11) is 2.00. The molecule has 0 aliphatic carbocycles. The molecule has 2 aromatic rings. The van der Waals surface area contributed by atoms with Crippen LogP contribution < -0.4 is 5.32 Å². The number of rotatable bonds is 5. The molecule has 0 unspecified atom stereocenters. The van der Waals surface area contributed by atoms with Crippen LogP contribution in [0.1, 0.15) is 35.5 Å². The largest absolute Gasteiger partial charge is 0.373 e. The Morgan fingerprint density at radius 2 is 2.19 bits per heavy atom. The van der Waals surface area contributed by atoms with E-state index in [4.69, 9.17) is 4.74 Å². The number of nitriles is 1. The van der Waals surface area contributed by atoms with Crippen molar-refractivity contribution in [3.05, 3.63) is 35.0 Å². The van der Waals surface area contributed by atoms with Crippen LogP contribution in [0.15, 0.2) is 12.5 Å². The van der Waals surface area contributed by atoms with E-state index in [2.05, 4.69) is 38.4 Å². The molecule has 8 nitrogen and oxygen atoms in total. The fraction of sp³-hybridized carbons (Fsp3) is 0.556. The summed E-state index contributed by atoms with van der Waals surface area (Å²) in [6.45, 7) is 8.94. The molecule has 26 heavy (non-hydrogen) atoms. The first-order valence-electron chi connectivity index (χ1n) is 8.86. The number of likely N-dealkylation sites (N-methyl/N-ethyl adjacent to an activating group) is 1. The monoisotopic (exact) mass is 355 g/mol. The molecule has 3 heterocycles. The van der Waals surface area contributed by atoms with Crippen molar-refractivity contribution >= 4 is 5.82 Å². The molecule has 1 N–H and O–H groups in total. The van der Waals surface area contributed by atoms with E-state index in [-0.39, 0.29) is 12.1 Å². The van der Waals surface area contributed by atoms with Crippen LogP contribution in [0.25, 0.3) is 0 Å². The second-order valence-corrected chi connectivity index (χ2v) is 6.54. The molecule has 1 saturated heterocycles. The van der Waals surface area contributed by atoms with Crippen molar-refractivity contribution in [2.45, 2.75) is 32.9 Å². The molecule has 0 spiro atoms. The maximum Gasteiger partial charge on any atom is 0.167 e. The predicted molar refractivity (Wildman–Crippen MR) is 97.6 cm³/mol. The number of ether oxygens (including phenoxy) is 1. The quantitative estimate of drug-likeness (QED) is 0.870. The summed E-state index contributed by atoms with van der Waals surface area (Å²) in [5.74, 6) is 0.511. The molecule has 8 heteroatoms. The molecular formula is C18H25N7O. The lowest BCUT2D eigenvalue weighted by Gasteiger charge is -2.40. The van der Waals surface area contributed by atoms with Gasteiger partial charge in [-0.25, -0.2) is 4.98 Å². The molecule has 2 atom stereocenters. The summed E-state index contributed by atoms with van der Waals surface area (Å²) in [6.07, 6.45) is 3.63. The highest BCUT2D eigenvalue weighted by Gasteiger charge is 2.34. The highest BCUT2D eigenvalue weighted by Crippen LogP contribution is 2.29. The van der Waals surface area contributed by atoms with Crippen molar-refractivity contribution in [3.63, 3.8) is 0 Å². The lowest BCUT2D eigenvalue weighted by atomic mass is 10.0. The minimum absolute atomic E-state index is 0.0750. The highest BCUT2D eigenvalue weighted by molar-refractivity contribution is 5.55. The van der Waals surface area contributed by atoms with Crippen molar-refractivity contribution in [2.24, 2.45) is 7.05 Å². The Bertz CT molecular complexity index is 810. The molecule has 1 fully saturated rings. The number of hydrogen-bond donors (Lipinski definition) is 1. The Labute approximate surface area is 153 Å². The number of nitrogens with zero attached hydrogens (tertiary/aromatic N) is 6. The first-order valence-corrected chi connectivity index (χ1v) is 8.86. The third-order valence-electron chi connectivity index (χ3n) is 5.06. The van der Waals surface area contributed by atoms with Gasteiger partial charge < -0.3 is 14.6 Å². The van der Waals surface area contributed by atoms with Gasteiger partial charge in [0.25, 0.3) is 0 Å². The molecule has 3 rings (SSSR count). The van der Waals surface area contributed by atoms with E-state index in [0.29, 0.717) is 24.5 Å². The zero-order valence-corrected chi connectivity index (χ0v) is 15.7. The number of imidazole rings is 1. The molecule has 0 radical (unpaired) electrons. The molecule has 0 saturated carbocycles. The van der Waals surface area contributed by atoms with Gasteiger partial charge in [-0.1, -0.05) is 6.92 Å². The fourth-order valence-corrected chi connectivity index (χ4v) is 3.41. The van der Waals surface area contributed by atoms with E-state index in [1.807, 2.05) is 38.0 Å². The lowest BCUT2D eigenvalue weighted by Crippen LogP contribution is -2.48. The van der Waals surface area contributed by atoms with Crippen LogP contribution in [0, 0.1) is 25.2 Å². The van der Waals surface area contributed by atoms with Gasteiger partial charge in [-0.3, -0.25) is 4.90 Å². The van der Waals surface area contributed by atoms with Crippen molar-refractivity contribution in [1.82, 2.24) is 24.6 Å². The number of nitrogens with one attached hydrogen (secondary N) is 1. The number of hydrogen-bond acceptors (Lipinski definition) is 7. The van der Waals surface area contributed by atoms with Gasteiger partial charge in [-0.05, 0) is 26.0 Å². The maximum absolute atomic E-state index is 9.47. The smallest absolute Gasteiger partial charge is 0.167 e. The van der Waals surface area contributed by atoms with Crippen LogP contribution in [-0.4, -0.2) is 57.0 Å². The van der Waals surface area contributed by atoms with Crippen LogP contribution in [0.4, 0.5) is 5.82 Å². The van der Waals surface area contributed by atoms with Gasteiger partial charge in [0.1, 0.15) is 11.6 Å². The lowest BCUT2D eigenvalue weighted by molar-refractivity contribution is -0.0661. The molecular weight excluding hydrogens is 330 g/mol. The zero-order valence-electron chi connectivity index (χ0n) is 15.7.